The van der Waals surface area contributed by atoms with E-state index in [-0.39, 0.29) is 41.6 Å². The topological polar surface area (TPSA) is 211 Å². The average molecular weight is 497 g/mol. The molecule has 33 heavy (non-hydrogen) atoms. The van der Waals surface area contributed by atoms with Gasteiger partial charge in [-0.25, -0.2) is 14.6 Å². The van der Waals surface area contributed by atoms with E-state index in [9.17, 15) is 29.4 Å². The van der Waals surface area contributed by atoms with Crippen molar-refractivity contribution in [2.75, 3.05) is 18.0 Å². The maximum Gasteiger partial charge on any atom is 0.352 e. The molecule has 1 aromatic rings. The molecule has 4 rings (SSSR count). The van der Waals surface area contributed by atoms with Crippen molar-refractivity contribution in [3.63, 3.8) is 0 Å². The molecule has 0 spiro atoms. The van der Waals surface area contributed by atoms with Gasteiger partial charge in [-0.1, -0.05) is 5.16 Å². The molecule has 0 bridgehead atoms. The van der Waals surface area contributed by atoms with Crippen molar-refractivity contribution in [1.29, 1.82) is 0 Å². The number of nitrogen functional groups attached to an aromatic ring is 1. The van der Waals surface area contributed by atoms with E-state index in [1.54, 1.807) is 0 Å². The predicted octanol–water partition coefficient (Wildman–Crippen LogP) is -0.849. The molecule has 0 radical (unpaired) electrons. The van der Waals surface area contributed by atoms with E-state index in [0.29, 0.717) is 17.7 Å². The van der Waals surface area contributed by atoms with Crippen LogP contribution in [0.2, 0.25) is 0 Å². The molecule has 7 N–H and O–H groups in total. The fourth-order valence-corrected chi connectivity index (χ4v) is 5.54. The van der Waals surface area contributed by atoms with E-state index >= 15 is 0 Å². The zero-order valence-corrected chi connectivity index (χ0v) is 18.6. The van der Waals surface area contributed by atoms with Crippen LogP contribution in [0, 0.1) is 0 Å². The van der Waals surface area contributed by atoms with E-state index in [4.69, 9.17) is 16.3 Å². The molecule has 2 amide bonds. The van der Waals surface area contributed by atoms with E-state index < -0.39 is 40.8 Å². The number of nitrogens with one attached hydrogen (secondary N) is 1. The number of amides is 2. The lowest BCUT2D eigenvalue weighted by Crippen LogP contribution is -2.71. The van der Waals surface area contributed by atoms with Gasteiger partial charge in [0.25, 0.3) is 11.8 Å². The summed E-state index contributed by atoms with van der Waals surface area (Å²) in [5, 5.41) is 26.2. The van der Waals surface area contributed by atoms with Gasteiger partial charge < -0.3 is 31.8 Å². The number of aliphatic carboxylic acids is 2. The third-order valence-electron chi connectivity index (χ3n) is 5.63. The number of hydrogen-bond donors (Lipinski definition) is 5. The lowest BCUT2D eigenvalue weighted by molar-refractivity contribution is -0.178. The average Bonchev–Trinajstić information content (AvgIpc) is 3.17. The molecule has 13 nitrogen and oxygen atoms in total. The highest BCUT2D eigenvalue weighted by molar-refractivity contribution is 8.00. The normalized spacial score (nSPS) is 23.8. The summed E-state index contributed by atoms with van der Waals surface area (Å²) < 4.78 is 0. The molecule has 1 saturated carbocycles. The largest absolute Gasteiger partial charge is 0.478 e. The first kappa shape index (κ1) is 23.0. The number of rotatable bonds is 8. The lowest BCUT2D eigenvalue weighted by atomic mass is 9.80. The van der Waals surface area contributed by atoms with Crippen molar-refractivity contribution >= 4 is 57.7 Å². The molecule has 2 atom stereocenters. The summed E-state index contributed by atoms with van der Waals surface area (Å²) in [5.74, 6) is -3.60. The minimum absolute atomic E-state index is 0.00706. The molecule has 1 unspecified atom stereocenters. The fraction of sp³-hybridized carbons (Fsp3) is 0.444. The van der Waals surface area contributed by atoms with Crippen molar-refractivity contribution in [3.8, 4) is 0 Å². The Kier molecular flexibility index (Phi) is 6.02. The number of carbonyl (C=O) groups excluding carboxylic acids is 2. The standard InChI is InChI=1S/C18H20N6O7S2/c19-4-7-5-32-14-10(13(26)24(14)11(7)15(27)28)22-12(25)9(8-6-33-17(20)21-8)23-31-18(16(29)30)2-1-3-18/h6,10,14H,1-5,19H2,(H2,20,21)(H,22,25)(H,27,28)(H,29,30)/t10?,14-/m0/s1. The maximum absolute atomic E-state index is 13.0. The Labute approximate surface area is 194 Å². The quantitative estimate of drug-likeness (QED) is 0.170. The van der Waals surface area contributed by atoms with Crippen molar-refractivity contribution in [2.45, 2.75) is 36.3 Å². The number of anilines is 1. The molecule has 2 fully saturated rings. The highest BCUT2D eigenvalue weighted by Gasteiger charge is 2.54. The lowest BCUT2D eigenvalue weighted by Gasteiger charge is -2.49. The summed E-state index contributed by atoms with van der Waals surface area (Å²) in [7, 11) is 0. The second-order valence-electron chi connectivity index (χ2n) is 7.58. The minimum Gasteiger partial charge on any atom is -0.478 e. The maximum atomic E-state index is 13.0. The van der Waals surface area contributed by atoms with Crippen molar-refractivity contribution < 1.29 is 34.2 Å². The van der Waals surface area contributed by atoms with E-state index in [1.807, 2.05) is 0 Å². The second-order valence-corrected chi connectivity index (χ2v) is 9.57. The first-order chi connectivity index (χ1) is 15.7. The van der Waals surface area contributed by atoms with Gasteiger partial charge >= 0.3 is 11.9 Å². The van der Waals surface area contributed by atoms with Crippen LogP contribution < -0.4 is 16.8 Å². The van der Waals surface area contributed by atoms with E-state index in [0.717, 1.165) is 16.2 Å². The van der Waals surface area contributed by atoms with Crippen LogP contribution in [-0.4, -0.2) is 78.9 Å². The van der Waals surface area contributed by atoms with Gasteiger partial charge in [0.05, 0.1) is 0 Å². The molecule has 1 aliphatic carbocycles. The molecule has 0 aromatic carbocycles. The Hall–Kier alpha value is -3.17. The van der Waals surface area contributed by atoms with Gasteiger partial charge in [0.15, 0.2) is 10.8 Å². The predicted molar refractivity (Wildman–Crippen MR) is 117 cm³/mol. The molecule has 1 saturated heterocycles. The highest BCUT2D eigenvalue weighted by atomic mass is 32.2. The van der Waals surface area contributed by atoms with Crippen molar-refractivity contribution in [2.24, 2.45) is 10.9 Å². The van der Waals surface area contributed by atoms with Gasteiger partial charge in [-0.05, 0) is 12.0 Å². The molecule has 3 aliphatic rings. The summed E-state index contributed by atoms with van der Waals surface area (Å²) in [4.78, 5) is 59.3. The number of β-lactam (4-membered cyclic amide) rings is 1. The third-order valence-corrected chi connectivity index (χ3v) is 7.64. The Morgan fingerprint density at radius 1 is 1.36 bits per heavy atom. The molecule has 1 aromatic heterocycles. The highest BCUT2D eigenvalue weighted by Crippen LogP contribution is 2.40. The van der Waals surface area contributed by atoms with E-state index in [2.05, 4.69) is 15.5 Å². The first-order valence-electron chi connectivity index (χ1n) is 9.80. The van der Waals surface area contributed by atoms with Crippen LogP contribution in [0.15, 0.2) is 21.8 Å². The van der Waals surface area contributed by atoms with Gasteiger partial charge in [-0.2, -0.15) is 0 Å². The van der Waals surface area contributed by atoms with Crippen LogP contribution in [0.4, 0.5) is 5.13 Å². The zero-order valence-electron chi connectivity index (χ0n) is 17.0. The molecule has 15 heteroatoms. The van der Waals surface area contributed by atoms with Crippen LogP contribution >= 0.6 is 23.1 Å². The summed E-state index contributed by atoms with van der Waals surface area (Å²) in [6.07, 6.45) is 1.12. The van der Waals surface area contributed by atoms with Crippen LogP contribution in [-0.2, 0) is 24.0 Å². The van der Waals surface area contributed by atoms with Gasteiger partial charge in [0.2, 0.25) is 5.60 Å². The van der Waals surface area contributed by atoms with Crippen molar-refractivity contribution in [1.82, 2.24) is 15.2 Å². The number of fused-ring (bicyclic) bond motifs is 1. The number of nitrogens with two attached hydrogens (primary N) is 2. The van der Waals surface area contributed by atoms with Crippen LogP contribution in [0.25, 0.3) is 0 Å². The SMILES string of the molecule is NCC1=C(C(=O)O)N2C(=O)C(NC(=O)C(=NOC3(C(=O)O)CCC3)c3csc(N)n3)[C@@H]2SC1. The van der Waals surface area contributed by atoms with Crippen LogP contribution in [0.1, 0.15) is 25.0 Å². The Bertz CT molecular complexity index is 1100. The number of thioether (sulfide) groups is 1. The number of carbonyl (C=O) groups is 4. The van der Waals surface area contributed by atoms with Crippen LogP contribution in [0.5, 0.6) is 0 Å². The number of aromatic nitrogens is 1. The van der Waals surface area contributed by atoms with Gasteiger partial charge in [-0.15, -0.1) is 23.1 Å². The number of carboxylic acid groups (broad SMARTS) is 2. The fourth-order valence-electron chi connectivity index (χ4n) is 3.63. The second kappa shape index (κ2) is 8.64. The summed E-state index contributed by atoms with van der Waals surface area (Å²) in [5.41, 5.74) is 9.72. The first-order valence-corrected chi connectivity index (χ1v) is 11.7. The summed E-state index contributed by atoms with van der Waals surface area (Å²) in [6, 6.07) is -1.02. The molecular weight excluding hydrogens is 476 g/mol. The number of carboxylic acids is 2. The van der Waals surface area contributed by atoms with Gasteiger partial charge in [0, 0.05) is 30.5 Å². The van der Waals surface area contributed by atoms with Gasteiger partial charge in [0.1, 0.15) is 22.8 Å². The Balaban J connectivity index is 1.55. The summed E-state index contributed by atoms with van der Waals surface area (Å²) >= 11 is 2.32. The zero-order chi connectivity index (χ0) is 23.9. The third kappa shape index (κ3) is 3.91. The van der Waals surface area contributed by atoms with Crippen molar-refractivity contribution in [3.05, 3.63) is 22.3 Å². The number of oxime groups is 1. The van der Waals surface area contributed by atoms with Gasteiger partial charge in [-0.3, -0.25) is 14.5 Å². The summed E-state index contributed by atoms with van der Waals surface area (Å²) in [6.45, 7) is -0.00706. The molecule has 3 heterocycles. The molecule has 2 aliphatic heterocycles. The minimum atomic E-state index is -1.52. The number of hydrogen-bond acceptors (Lipinski definition) is 11. The Morgan fingerprint density at radius 3 is 2.61 bits per heavy atom. The monoisotopic (exact) mass is 496 g/mol. The molecule has 176 valence electrons. The van der Waals surface area contributed by atoms with Crippen LogP contribution in [0.3, 0.4) is 0 Å². The molecular formula is C18H20N6O7S2. The number of thiazole rings is 1. The number of nitrogens with zero attached hydrogens (tertiary/aromatic N) is 3. The van der Waals surface area contributed by atoms with E-state index in [1.165, 1.54) is 17.1 Å². The smallest absolute Gasteiger partial charge is 0.352 e. The Morgan fingerprint density at radius 2 is 2.09 bits per heavy atom.